The van der Waals surface area contributed by atoms with Crippen molar-refractivity contribution in [3.63, 3.8) is 0 Å². The van der Waals surface area contributed by atoms with Gasteiger partial charge in [-0.1, -0.05) is 24.6 Å². The van der Waals surface area contributed by atoms with Crippen LogP contribution in [0.3, 0.4) is 0 Å². The minimum absolute atomic E-state index is 0.0924. The van der Waals surface area contributed by atoms with Gasteiger partial charge in [-0.05, 0) is 30.9 Å². The second-order valence-corrected chi connectivity index (χ2v) is 6.55. The molecule has 126 valence electrons. The highest BCUT2D eigenvalue weighted by Crippen LogP contribution is 2.29. The lowest BCUT2D eigenvalue weighted by molar-refractivity contribution is -0.118. The number of benzene rings is 1. The maximum absolute atomic E-state index is 13.0. The number of amides is 1. The van der Waals surface area contributed by atoms with Gasteiger partial charge >= 0.3 is 0 Å². The highest BCUT2D eigenvalue weighted by Gasteiger charge is 2.26. The third-order valence-corrected chi connectivity index (χ3v) is 4.94. The number of para-hydroxylation sites is 1. The molecule has 1 fully saturated rings. The van der Waals surface area contributed by atoms with Crippen molar-refractivity contribution in [1.82, 2.24) is 14.8 Å². The lowest BCUT2D eigenvalue weighted by Gasteiger charge is -2.32. The molecule has 0 saturated heterocycles. The number of anilines is 1. The number of ether oxygens (including phenoxy) is 1. The fraction of sp³-hybridized carbons (Fsp3) is 0.500. The average molecular weight is 326 g/mol. The molecule has 0 radical (unpaired) electrons. The van der Waals surface area contributed by atoms with Crippen molar-refractivity contribution in [3.05, 3.63) is 42.0 Å². The molecule has 1 amide bonds. The minimum Gasteiger partial charge on any atom is -0.372 e. The van der Waals surface area contributed by atoms with Crippen LogP contribution >= 0.6 is 0 Å². The van der Waals surface area contributed by atoms with E-state index in [9.17, 15) is 4.79 Å². The molecular formula is C18H22N4O2. The Balaban J connectivity index is 1.53. The van der Waals surface area contributed by atoms with E-state index in [1.807, 2.05) is 39.8 Å². The molecular weight excluding hydrogens is 304 g/mol. The summed E-state index contributed by atoms with van der Waals surface area (Å²) in [7, 11) is 0. The highest BCUT2D eigenvalue weighted by molar-refractivity contribution is 5.94. The number of carbonyl (C=O) groups excluding carboxylic acids is 1. The summed E-state index contributed by atoms with van der Waals surface area (Å²) in [6.07, 6.45) is 4.00. The van der Waals surface area contributed by atoms with Gasteiger partial charge in [0, 0.05) is 18.8 Å². The van der Waals surface area contributed by atoms with Gasteiger partial charge in [0.15, 0.2) is 5.82 Å². The minimum atomic E-state index is 0.0924. The molecule has 0 unspecified atom stereocenters. The van der Waals surface area contributed by atoms with Crippen LogP contribution < -0.4 is 4.90 Å². The van der Waals surface area contributed by atoms with Gasteiger partial charge in [0.2, 0.25) is 5.91 Å². The van der Waals surface area contributed by atoms with E-state index in [2.05, 4.69) is 10.2 Å². The number of rotatable bonds is 5. The first-order valence-electron chi connectivity index (χ1n) is 8.65. The lowest BCUT2D eigenvalue weighted by Crippen LogP contribution is -2.39. The summed E-state index contributed by atoms with van der Waals surface area (Å²) in [5.74, 6) is 2.27. The molecule has 1 saturated carbocycles. The molecule has 4 rings (SSSR count). The Morgan fingerprint density at radius 1 is 1.25 bits per heavy atom. The summed E-state index contributed by atoms with van der Waals surface area (Å²) in [6.45, 7) is 2.65. The zero-order valence-corrected chi connectivity index (χ0v) is 13.7. The molecule has 6 nitrogen and oxygen atoms in total. The lowest BCUT2D eigenvalue weighted by atomic mass is 9.85. The molecule has 0 N–H and O–H groups in total. The Kier molecular flexibility index (Phi) is 4.30. The predicted octanol–water partition coefficient (Wildman–Crippen LogP) is 2.18. The van der Waals surface area contributed by atoms with Crippen molar-refractivity contribution in [2.75, 3.05) is 18.1 Å². The maximum atomic E-state index is 13.0. The molecule has 1 aromatic carbocycles. The number of hydrogen-bond acceptors (Lipinski definition) is 4. The Hall–Kier alpha value is -2.21. The standard InChI is InChI=1S/C18H22N4O2/c23-18(11-16-19-20-17-13-24-10-9-21(16)17)22(12-14-5-4-6-14)15-7-2-1-3-8-15/h1-3,7-8,14H,4-6,9-13H2. The van der Waals surface area contributed by atoms with E-state index in [0.717, 1.165) is 30.4 Å². The summed E-state index contributed by atoms with van der Waals surface area (Å²) in [6, 6.07) is 9.94. The quantitative estimate of drug-likeness (QED) is 0.845. The molecule has 2 heterocycles. The molecule has 1 aliphatic heterocycles. The summed E-state index contributed by atoms with van der Waals surface area (Å²) in [5, 5.41) is 8.36. The number of nitrogens with zero attached hydrogens (tertiary/aromatic N) is 4. The summed E-state index contributed by atoms with van der Waals surface area (Å²) >= 11 is 0. The van der Waals surface area contributed by atoms with Crippen molar-refractivity contribution < 1.29 is 9.53 Å². The van der Waals surface area contributed by atoms with E-state index < -0.39 is 0 Å². The van der Waals surface area contributed by atoms with Crippen molar-refractivity contribution in [1.29, 1.82) is 0 Å². The maximum Gasteiger partial charge on any atom is 0.234 e. The third kappa shape index (κ3) is 3.06. The molecule has 0 bridgehead atoms. The zero-order valence-electron chi connectivity index (χ0n) is 13.7. The third-order valence-electron chi connectivity index (χ3n) is 4.94. The summed E-state index contributed by atoms with van der Waals surface area (Å²) in [4.78, 5) is 14.9. The van der Waals surface area contributed by atoms with Crippen LogP contribution in [0.5, 0.6) is 0 Å². The van der Waals surface area contributed by atoms with Crippen molar-refractivity contribution in [2.24, 2.45) is 5.92 Å². The normalized spacial score (nSPS) is 17.2. The van der Waals surface area contributed by atoms with E-state index in [1.54, 1.807) is 0 Å². The highest BCUT2D eigenvalue weighted by atomic mass is 16.5. The predicted molar refractivity (Wildman–Crippen MR) is 89.5 cm³/mol. The van der Waals surface area contributed by atoms with Gasteiger partial charge in [-0.25, -0.2) is 0 Å². The molecule has 2 aliphatic rings. The average Bonchev–Trinajstić information content (AvgIpc) is 2.98. The van der Waals surface area contributed by atoms with Crippen molar-refractivity contribution >= 4 is 11.6 Å². The van der Waals surface area contributed by atoms with Gasteiger partial charge in [-0.3, -0.25) is 4.79 Å². The Morgan fingerprint density at radius 2 is 2.08 bits per heavy atom. The first-order valence-corrected chi connectivity index (χ1v) is 8.65. The molecule has 0 spiro atoms. The number of aromatic nitrogens is 3. The Labute approximate surface area is 141 Å². The van der Waals surface area contributed by atoms with E-state index in [1.165, 1.54) is 19.3 Å². The largest absolute Gasteiger partial charge is 0.372 e. The smallest absolute Gasteiger partial charge is 0.234 e. The van der Waals surface area contributed by atoms with Crippen LogP contribution in [-0.4, -0.2) is 33.8 Å². The molecule has 1 aromatic heterocycles. The van der Waals surface area contributed by atoms with E-state index >= 15 is 0 Å². The molecule has 6 heteroatoms. The van der Waals surface area contributed by atoms with Crippen LogP contribution in [0.2, 0.25) is 0 Å². The van der Waals surface area contributed by atoms with Crippen LogP contribution in [0.4, 0.5) is 5.69 Å². The summed E-state index contributed by atoms with van der Waals surface area (Å²) < 4.78 is 7.41. The molecule has 2 aromatic rings. The SMILES string of the molecule is O=C(Cc1nnc2n1CCOC2)N(CC1CCC1)c1ccccc1. The van der Waals surface area contributed by atoms with E-state index in [0.29, 0.717) is 19.1 Å². The molecule has 24 heavy (non-hydrogen) atoms. The van der Waals surface area contributed by atoms with Gasteiger partial charge in [0.25, 0.3) is 0 Å². The number of hydrogen-bond donors (Lipinski definition) is 0. The fourth-order valence-electron chi connectivity index (χ4n) is 3.31. The monoisotopic (exact) mass is 326 g/mol. The van der Waals surface area contributed by atoms with Crippen LogP contribution in [0.15, 0.2) is 30.3 Å². The second kappa shape index (κ2) is 6.73. The first kappa shape index (κ1) is 15.3. The second-order valence-electron chi connectivity index (χ2n) is 6.55. The van der Waals surface area contributed by atoms with Crippen LogP contribution in [0, 0.1) is 5.92 Å². The molecule has 1 aliphatic carbocycles. The van der Waals surface area contributed by atoms with Gasteiger partial charge in [0.1, 0.15) is 12.4 Å². The van der Waals surface area contributed by atoms with Crippen LogP contribution in [0.1, 0.15) is 30.9 Å². The van der Waals surface area contributed by atoms with Gasteiger partial charge in [0.05, 0.1) is 13.0 Å². The zero-order chi connectivity index (χ0) is 16.4. The van der Waals surface area contributed by atoms with E-state index in [4.69, 9.17) is 4.74 Å². The first-order chi connectivity index (χ1) is 11.8. The number of carbonyl (C=O) groups is 1. The molecule has 0 atom stereocenters. The van der Waals surface area contributed by atoms with Crippen LogP contribution in [0.25, 0.3) is 0 Å². The van der Waals surface area contributed by atoms with Crippen molar-refractivity contribution in [3.8, 4) is 0 Å². The van der Waals surface area contributed by atoms with E-state index in [-0.39, 0.29) is 12.3 Å². The van der Waals surface area contributed by atoms with Gasteiger partial charge in [-0.15, -0.1) is 10.2 Å². The van der Waals surface area contributed by atoms with Gasteiger partial charge in [-0.2, -0.15) is 0 Å². The van der Waals surface area contributed by atoms with Gasteiger partial charge < -0.3 is 14.2 Å². The topological polar surface area (TPSA) is 60.3 Å². The van der Waals surface area contributed by atoms with Crippen LogP contribution in [-0.2, 0) is 29.1 Å². The summed E-state index contributed by atoms with van der Waals surface area (Å²) in [5.41, 5.74) is 0.969. The fourth-order valence-corrected chi connectivity index (χ4v) is 3.31. The number of fused-ring (bicyclic) bond motifs is 1. The van der Waals surface area contributed by atoms with Crippen molar-refractivity contribution in [2.45, 2.75) is 38.8 Å². The Bertz CT molecular complexity index is 709. The Morgan fingerprint density at radius 3 is 2.83 bits per heavy atom.